The molecule has 2 aliphatic carbocycles. The molecule has 196 valence electrons. The van der Waals surface area contributed by atoms with E-state index in [0.29, 0.717) is 0 Å². The Labute approximate surface area is 242 Å². The van der Waals surface area contributed by atoms with Gasteiger partial charge in [-0.15, -0.1) is 0 Å². The van der Waals surface area contributed by atoms with Gasteiger partial charge in [-0.2, -0.15) is 0 Å². The van der Waals surface area contributed by atoms with Crippen LogP contribution in [-0.4, -0.2) is 0 Å². The van der Waals surface area contributed by atoms with Crippen LogP contribution in [0, 0.1) is 0 Å². The van der Waals surface area contributed by atoms with Crippen LogP contribution in [0.2, 0.25) is 0 Å². The van der Waals surface area contributed by atoms with Crippen molar-refractivity contribution in [1.29, 1.82) is 0 Å². The molecule has 41 heavy (non-hydrogen) atoms. The summed E-state index contributed by atoms with van der Waals surface area (Å²) in [6.07, 6.45) is 0. The average Bonchev–Trinajstić information content (AvgIpc) is 3.47. The summed E-state index contributed by atoms with van der Waals surface area (Å²) >= 11 is 0. The first-order valence-electron chi connectivity index (χ1n) is 14.5. The highest BCUT2D eigenvalue weighted by atomic mass is 15.1. The van der Waals surface area contributed by atoms with Crippen LogP contribution in [-0.2, 0) is 10.8 Å². The first-order valence-corrected chi connectivity index (χ1v) is 14.5. The zero-order valence-corrected chi connectivity index (χ0v) is 23.4. The predicted octanol–water partition coefficient (Wildman–Crippen LogP) is 10.2. The van der Waals surface area contributed by atoms with Crippen LogP contribution in [0.1, 0.15) is 47.2 Å². The minimum atomic E-state index is -0.413. The van der Waals surface area contributed by atoms with Crippen molar-refractivity contribution >= 4 is 17.1 Å². The normalized spacial score (nSPS) is 15.0. The van der Waals surface area contributed by atoms with Gasteiger partial charge >= 0.3 is 0 Å². The van der Waals surface area contributed by atoms with Crippen LogP contribution in [0.15, 0.2) is 152 Å². The quantitative estimate of drug-likeness (QED) is 0.216. The molecule has 0 saturated carbocycles. The molecule has 0 spiro atoms. The van der Waals surface area contributed by atoms with Crippen molar-refractivity contribution in [2.45, 2.75) is 24.7 Å². The number of anilines is 3. The second kappa shape index (κ2) is 8.81. The van der Waals surface area contributed by atoms with Gasteiger partial charge in [0.05, 0.1) is 5.41 Å². The lowest BCUT2D eigenvalue weighted by molar-refractivity contribution is 0.652. The van der Waals surface area contributed by atoms with E-state index in [9.17, 15) is 0 Å². The highest BCUT2D eigenvalue weighted by Crippen LogP contribution is 2.64. The van der Waals surface area contributed by atoms with Gasteiger partial charge in [0.15, 0.2) is 0 Å². The summed E-state index contributed by atoms with van der Waals surface area (Å²) in [7, 11) is 0. The third-order valence-electron chi connectivity index (χ3n) is 9.31. The predicted molar refractivity (Wildman–Crippen MR) is 171 cm³/mol. The molecule has 6 aromatic rings. The van der Waals surface area contributed by atoms with Crippen LogP contribution in [0.3, 0.4) is 0 Å². The fraction of sp³-hybridized carbons (Fsp3) is 0.100. The lowest BCUT2D eigenvalue weighted by Gasteiger charge is -2.37. The summed E-state index contributed by atoms with van der Waals surface area (Å²) in [4.78, 5) is 2.36. The Morgan fingerprint density at radius 2 is 0.805 bits per heavy atom. The van der Waals surface area contributed by atoms with Crippen LogP contribution < -0.4 is 4.90 Å². The van der Waals surface area contributed by atoms with E-state index in [2.05, 4.69) is 170 Å². The molecule has 0 heterocycles. The minimum absolute atomic E-state index is 0.0151. The molecule has 2 aliphatic rings. The maximum Gasteiger partial charge on any atom is 0.0714 e. The molecule has 0 bridgehead atoms. The van der Waals surface area contributed by atoms with Crippen LogP contribution >= 0.6 is 0 Å². The maximum atomic E-state index is 2.41. The fourth-order valence-electron chi connectivity index (χ4n) is 7.56. The van der Waals surface area contributed by atoms with Gasteiger partial charge in [-0.05, 0) is 80.9 Å². The zero-order chi connectivity index (χ0) is 27.6. The Morgan fingerprint density at radius 3 is 1.34 bits per heavy atom. The Hall–Kier alpha value is -4.88. The van der Waals surface area contributed by atoms with Crippen molar-refractivity contribution in [3.05, 3.63) is 185 Å². The standard InChI is InChI=1S/C40H31N/c1-39(2)33-23-13-25-35-37(33)38-34(39)24-14-26-36(38)40(35,28-15-6-3-7-16-28)29-17-12-22-32(27-29)41(30-18-8-4-9-19-30)31-20-10-5-11-21-31/h3-27H,1-2H3. The van der Waals surface area contributed by atoms with E-state index in [-0.39, 0.29) is 5.41 Å². The molecule has 0 aliphatic heterocycles. The van der Waals surface area contributed by atoms with E-state index < -0.39 is 5.41 Å². The highest BCUT2D eigenvalue weighted by molar-refractivity contribution is 5.95. The molecular weight excluding hydrogens is 494 g/mol. The maximum absolute atomic E-state index is 2.41. The molecule has 0 saturated heterocycles. The molecule has 0 unspecified atom stereocenters. The van der Waals surface area contributed by atoms with E-state index in [1.54, 1.807) is 0 Å². The molecule has 0 amide bonds. The summed E-state index contributed by atoms with van der Waals surface area (Å²) in [5.74, 6) is 0. The molecule has 6 aromatic carbocycles. The van der Waals surface area contributed by atoms with E-state index in [1.165, 1.54) is 44.5 Å². The lowest BCUT2D eigenvalue weighted by atomic mass is 9.66. The first kappa shape index (κ1) is 24.0. The van der Waals surface area contributed by atoms with Gasteiger partial charge in [-0.25, -0.2) is 0 Å². The van der Waals surface area contributed by atoms with Gasteiger partial charge in [-0.3, -0.25) is 0 Å². The molecule has 0 atom stereocenters. The van der Waals surface area contributed by atoms with Gasteiger partial charge in [0, 0.05) is 22.5 Å². The van der Waals surface area contributed by atoms with Gasteiger partial charge in [-0.1, -0.05) is 129 Å². The second-order valence-corrected chi connectivity index (χ2v) is 11.8. The Morgan fingerprint density at radius 1 is 0.390 bits per heavy atom. The molecule has 1 nitrogen and oxygen atoms in total. The Kier molecular flexibility index (Phi) is 5.15. The number of benzene rings is 6. The van der Waals surface area contributed by atoms with E-state index in [4.69, 9.17) is 0 Å². The summed E-state index contributed by atoms with van der Waals surface area (Å²) < 4.78 is 0. The monoisotopic (exact) mass is 525 g/mol. The number of para-hydroxylation sites is 2. The van der Waals surface area contributed by atoms with Crippen LogP contribution in [0.5, 0.6) is 0 Å². The van der Waals surface area contributed by atoms with Gasteiger partial charge in [0.25, 0.3) is 0 Å². The number of nitrogens with zero attached hydrogens (tertiary/aromatic N) is 1. The van der Waals surface area contributed by atoms with Crippen molar-refractivity contribution < 1.29 is 0 Å². The van der Waals surface area contributed by atoms with Crippen molar-refractivity contribution in [3.63, 3.8) is 0 Å². The molecule has 1 heteroatoms. The van der Waals surface area contributed by atoms with Crippen molar-refractivity contribution in [2.75, 3.05) is 4.90 Å². The van der Waals surface area contributed by atoms with Gasteiger partial charge in [0.2, 0.25) is 0 Å². The van der Waals surface area contributed by atoms with Crippen molar-refractivity contribution in [2.24, 2.45) is 0 Å². The van der Waals surface area contributed by atoms with E-state index in [0.717, 1.165) is 17.1 Å². The van der Waals surface area contributed by atoms with Gasteiger partial charge < -0.3 is 4.90 Å². The molecule has 0 fully saturated rings. The summed E-state index contributed by atoms with van der Waals surface area (Å²) in [5, 5.41) is 0. The van der Waals surface area contributed by atoms with Crippen molar-refractivity contribution in [3.8, 4) is 11.1 Å². The summed E-state index contributed by atoms with van der Waals surface area (Å²) in [5.41, 5.74) is 14.1. The van der Waals surface area contributed by atoms with Crippen LogP contribution in [0.4, 0.5) is 17.1 Å². The summed E-state index contributed by atoms with van der Waals surface area (Å²) in [6.45, 7) is 4.75. The minimum Gasteiger partial charge on any atom is -0.310 e. The average molecular weight is 526 g/mol. The topological polar surface area (TPSA) is 3.24 Å². The SMILES string of the molecule is CC1(C)c2cccc3c2-c2c1cccc2C3(c1ccccc1)c1cccc(N(c2ccccc2)c2ccccc2)c1. The van der Waals surface area contributed by atoms with Crippen molar-refractivity contribution in [1.82, 2.24) is 0 Å². The number of hydrogen-bond acceptors (Lipinski definition) is 1. The largest absolute Gasteiger partial charge is 0.310 e. The van der Waals surface area contributed by atoms with E-state index >= 15 is 0 Å². The molecular formula is C40H31N. The van der Waals surface area contributed by atoms with Gasteiger partial charge in [0.1, 0.15) is 0 Å². The molecule has 0 radical (unpaired) electrons. The number of hydrogen-bond donors (Lipinski definition) is 0. The lowest BCUT2D eigenvalue weighted by Crippen LogP contribution is -2.30. The third kappa shape index (κ3) is 3.24. The zero-order valence-electron chi connectivity index (χ0n) is 23.4. The third-order valence-corrected chi connectivity index (χ3v) is 9.31. The van der Waals surface area contributed by atoms with E-state index in [1.807, 2.05) is 0 Å². The van der Waals surface area contributed by atoms with Crippen LogP contribution in [0.25, 0.3) is 11.1 Å². The fourth-order valence-corrected chi connectivity index (χ4v) is 7.56. The molecule has 0 N–H and O–H groups in total. The number of rotatable bonds is 5. The molecule has 8 rings (SSSR count). The second-order valence-electron chi connectivity index (χ2n) is 11.8. The summed E-state index contributed by atoms with van der Waals surface area (Å²) in [6, 6.07) is 55.6. The highest BCUT2D eigenvalue weighted by Gasteiger charge is 2.52. The Balaban J connectivity index is 1.44. The molecule has 0 aromatic heterocycles. The first-order chi connectivity index (χ1) is 20.1. The smallest absolute Gasteiger partial charge is 0.0714 e. The Bertz CT molecular complexity index is 1810.